The molecule has 1 amide bonds. The van der Waals surface area contributed by atoms with E-state index in [9.17, 15) is 14.0 Å². The van der Waals surface area contributed by atoms with Gasteiger partial charge < -0.3 is 14.8 Å². The second-order valence-corrected chi connectivity index (χ2v) is 6.04. The van der Waals surface area contributed by atoms with Gasteiger partial charge in [0.25, 0.3) is 5.91 Å². The van der Waals surface area contributed by atoms with Gasteiger partial charge in [0.1, 0.15) is 11.6 Å². The van der Waals surface area contributed by atoms with Crippen LogP contribution in [0.15, 0.2) is 53.0 Å². The fourth-order valence-electron chi connectivity index (χ4n) is 1.88. The monoisotopic (exact) mass is 409 g/mol. The molecule has 25 heavy (non-hydrogen) atoms. The molecule has 132 valence electrons. The third-order valence-electron chi connectivity index (χ3n) is 3.14. The number of benzene rings is 2. The predicted molar refractivity (Wildman–Crippen MR) is 93.5 cm³/mol. The molecule has 0 heterocycles. The Morgan fingerprint density at radius 3 is 2.60 bits per heavy atom. The zero-order chi connectivity index (χ0) is 18.1. The van der Waals surface area contributed by atoms with Crippen molar-refractivity contribution < 1.29 is 23.5 Å². The molecule has 0 atom stereocenters. The number of hydrogen-bond donors (Lipinski definition) is 1. The van der Waals surface area contributed by atoms with Crippen molar-refractivity contribution in [2.75, 3.05) is 13.2 Å². The molecule has 0 saturated heterocycles. The summed E-state index contributed by atoms with van der Waals surface area (Å²) in [5.41, 5.74) is 0.753. The van der Waals surface area contributed by atoms with Crippen LogP contribution in [-0.4, -0.2) is 25.1 Å². The Labute approximate surface area is 153 Å². The largest absolute Gasteiger partial charge is 0.493 e. The van der Waals surface area contributed by atoms with Crippen LogP contribution in [0.2, 0.25) is 0 Å². The summed E-state index contributed by atoms with van der Waals surface area (Å²) in [4.78, 5) is 23.2. The zero-order valence-corrected chi connectivity index (χ0v) is 14.9. The Bertz CT molecular complexity index is 721. The Kier molecular flexibility index (Phi) is 7.40. The van der Waals surface area contributed by atoms with Crippen LogP contribution in [0.5, 0.6) is 5.75 Å². The van der Waals surface area contributed by atoms with Gasteiger partial charge in [-0.3, -0.25) is 9.59 Å². The second kappa shape index (κ2) is 9.78. The van der Waals surface area contributed by atoms with E-state index in [2.05, 4.69) is 21.2 Å². The van der Waals surface area contributed by atoms with Crippen LogP contribution >= 0.6 is 15.9 Å². The first kappa shape index (κ1) is 18.9. The first-order valence-electron chi connectivity index (χ1n) is 7.58. The van der Waals surface area contributed by atoms with Gasteiger partial charge in [0.15, 0.2) is 6.61 Å². The molecule has 0 radical (unpaired) electrons. The fraction of sp³-hybridized carbons (Fsp3) is 0.222. The van der Waals surface area contributed by atoms with Crippen molar-refractivity contribution in [1.82, 2.24) is 5.32 Å². The maximum absolute atomic E-state index is 12.8. The van der Waals surface area contributed by atoms with Crippen molar-refractivity contribution in [2.45, 2.75) is 13.0 Å². The molecule has 0 saturated carbocycles. The van der Waals surface area contributed by atoms with Crippen LogP contribution in [0.1, 0.15) is 12.0 Å². The molecule has 0 spiro atoms. The van der Waals surface area contributed by atoms with Gasteiger partial charge in [0.05, 0.1) is 13.0 Å². The third-order valence-corrected chi connectivity index (χ3v) is 3.63. The predicted octanol–water partition coefficient (Wildman–Crippen LogP) is 3.22. The summed E-state index contributed by atoms with van der Waals surface area (Å²) >= 11 is 3.32. The maximum atomic E-state index is 12.8. The van der Waals surface area contributed by atoms with E-state index in [4.69, 9.17) is 9.47 Å². The molecular formula is C18H17BrFNO4. The standard InChI is InChI=1S/C18H17BrFNO4/c19-14-2-1-3-16(10-14)24-9-8-18(23)25-12-17(22)21-11-13-4-6-15(20)7-5-13/h1-7,10H,8-9,11-12H2,(H,21,22). The van der Waals surface area contributed by atoms with Gasteiger partial charge in [-0.1, -0.05) is 34.1 Å². The van der Waals surface area contributed by atoms with E-state index in [1.54, 1.807) is 24.3 Å². The van der Waals surface area contributed by atoms with Gasteiger partial charge in [-0.25, -0.2) is 4.39 Å². The van der Waals surface area contributed by atoms with Gasteiger partial charge in [-0.15, -0.1) is 0 Å². The van der Waals surface area contributed by atoms with Crippen LogP contribution in [0.3, 0.4) is 0 Å². The maximum Gasteiger partial charge on any atom is 0.309 e. The molecule has 0 fully saturated rings. The Morgan fingerprint density at radius 1 is 1.12 bits per heavy atom. The molecule has 1 N–H and O–H groups in total. The summed E-state index contributed by atoms with van der Waals surface area (Å²) < 4.78 is 23.9. The van der Waals surface area contributed by atoms with Crippen LogP contribution in [0, 0.1) is 5.82 Å². The molecule has 0 unspecified atom stereocenters. The number of ether oxygens (including phenoxy) is 2. The molecule has 2 aromatic rings. The number of amides is 1. The highest BCUT2D eigenvalue weighted by molar-refractivity contribution is 9.10. The van der Waals surface area contributed by atoms with Gasteiger partial charge in [-0.05, 0) is 35.9 Å². The second-order valence-electron chi connectivity index (χ2n) is 5.12. The van der Waals surface area contributed by atoms with Crippen molar-refractivity contribution in [3.63, 3.8) is 0 Å². The third kappa shape index (κ3) is 7.34. The van der Waals surface area contributed by atoms with E-state index in [-0.39, 0.29) is 32.0 Å². The summed E-state index contributed by atoms with van der Waals surface area (Å²) in [7, 11) is 0. The van der Waals surface area contributed by atoms with E-state index in [0.29, 0.717) is 5.75 Å². The smallest absolute Gasteiger partial charge is 0.309 e. The van der Waals surface area contributed by atoms with Gasteiger partial charge in [-0.2, -0.15) is 0 Å². The molecule has 2 aromatic carbocycles. The Balaban J connectivity index is 1.60. The highest BCUT2D eigenvalue weighted by Crippen LogP contribution is 2.17. The number of halogens is 2. The topological polar surface area (TPSA) is 64.6 Å². The number of carbonyl (C=O) groups excluding carboxylic acids is 2. The minimum absolute atomic E-state index is 0.0394. The SMILES string of the molecule is O=C(COC(=O)CCOc1cccc(Br)c1)NCc1ccc(F)cc1. The molecule has 0 aliphatic heterocycles. The van der Waals surface area contributed by atoms with Gasteiger partial charge >= 0.3 is 5.97 Å². The normalized spacial score (nSPS) is 10.2. The van der Waals surface area contributed by atoms with E-state index >= 15 is 0 Å². The lowest BCUT2D eigenvalue weighted by Gasteiger charge is -2.08. The summed E-state index contributed by atoms with van der Waals surface area (Å²) in [5.74, 6) is -0.647. The minimum atomic E-state index is -0.521. The van der Waals surface area contributed by atoms with Crippen molar-refractivity contribution >= 4 is 27.8 Å². The Morgan fingerprint density at radius 2 is 1.88 bits per heavy atom. The number of nitrogens with one attached hydrogen (secondary N) is 1. The van der Waals surface area contributed by atoms with Crippen molar-refractivity contribution in [3.8, 4) is 5.75 Å². The Hall–Kier alpha value is -2.41. The average molecular weight is 410 g/mol. The highest BCUT2D eigenvalue weighted by Gasteiger charge is 2.08. The molecule has 0 aliphatic carbocycles. The van der Waals surface area contributed by atoms with Crippen molar-refractivity contribution in [1.29, 1.82) is 0 Å². The van der Waals surface area contributed by atoms with Crippen LogP contribution in [0.25, 0.3) is 0 Å². The molecule has 2 rings (SSSR count). The van der Waals surface area contributed by atoms with E-state index in [0.717, 1.165) is 10.0 Å². The lowest BCUT2D eigenvalue weighted by molar-refractivity contribution is -0.149. The quantitative estimate of drug-likeness (QED) is 0.679. The highest BCUT2D eigenvalue weighted by atomic mass is 79.9. The van der Waals surface area contributed by atoms with Crippen molar-refractivity contribution in [3.05, 3.63) is 64.4 Å². The molecule has 7 heteroatoms. The van der Waals surface area contributed by atoms with Crippen LogP contribution in [-0.2, 0) is 20.9 Å². The number of hydrogen-bond acceptors (Lipinski definition) is 4. The first-order valence-corrected chi connectivity index (χ1v) is 8.37. The van der Waals surface area contributed by atoms with Crippen molar-refractivity contribution in [2.24, 2.45) is 0 Å². The molecular weight excluding hydrogens is 393 g/mol. The first-order chi connectivity index (χ1) is 12.0. The lowest BCUT2D eigenvalue weighted by atomic mass is 10.2. The van der Waals surface area contributed by atoms with Crippen LogP contribution in [0.4, 0.5) is 4.39 Å². The average Bonchev–Trinajstić information content (AvgIpc) is 2.59. The number of rotatable bonds is 8. The molecule has 0 bridgehead atoms. The fourth-order valence-corrected chi connectivity index (χ4v) is 2.26. The van der Waals surface area contributed by atoms with Gasteiger partial charge in [0.2, 0.25) is 0 Å². The van der Waals surface area contributed by atoms with E-state index in [1.807, 2.05) is 12.1 Å². The number of carbonyl (C=O) groups is 2. The molecule has 5 nitrogen and oxygen atoms in total. The number of esters is 1. The molecule has 0 aliphatic rings. The van der Waals surface area contributed by atoms with E-state index < -0.39 is 11.9 Å². The van der Waals surface area contributed by atoms with E-state index in [1.165, 1.54) is 12.1 Å². The molecule has 0 aromatic heterocycles. The lowest BCUT2D eigenvalue weighted by Crippen LogP contribution is -2.28. The summed E-state index contributed by atoms with van der Waals surface area (Å²) in [6, 6.07) is 13.0. The summed E-state index contributed by atoms with van der Waals surface area (Å²) in [6.45, 7) is 0.0338. The summed E-state index contributed by atoms with van der Waals surface area (Å²) in [5, 5.41) is 2.59. The zero-order valence-electron chi connectivity index (χ0n) is 13.3. The minimum Gasteiger partial charge on any atom is -0.493 e. The van der Waals surface area contributed by atoms with Gasteiger partial charge in [0, 0.05) is 11.0 Å². The van der Waals surface area contributed by atoms with Crippen LogP contribution < -0.4 is 10.1 Å². The summed E-state index contributed by atoms with van der Waals surface area (Å²) in [6.07, 6.45) is 0.0394.